The number of hydrogen-bond acceptors (Lipinski definition) is 2. The summed E-state index contributed by atoms with van der Waals surface area (Å²) in [5.74, 6) is -0.769. The van der Waals surface area contributed by atoms with Gasteiger partial charge in [-0.1, -0.05) is 101 Å². The molecule has 2 heterocycles. The van der Waals surface area contributed by atoms with Crippen LogP contribution in [0.5, 0.6) is 0 Å². The molecule has 0 fully saturated rings. The molecule has 0 saturated carbocycles. The van der Waals surface area contributed by atoms with E-state index in [1.807, 2.05) is 0 Å². The Morgan fingerprint density at radius 3 is 2.17 bits per heavy atom. The number of hydrogen-bond donors (Lipinski definition) is 1. The second-order valence-electron chi connectivity index (χ2n) is 18.1. The van der Waals surface area contributed by atoms with E-state index in [1.54, 1.807) is 0 Å². The van der Waals surface area contributed by atoms with E-state index in [1.165, 1.54) is 40.3 Å². The van der Waals surface area contributed by atoms with Crippen LogP contribution in [-0.4, -0.2) is 66.6 Å². The predicted octanol–water partition coefficient (Wildman–Crippen LogP) is 10.3. The highest BCUT2D eigenvalue weighted by Gasteiger charge is 2.44. The van der Waals surface area contributed by atoms with Crippen molar-refractivity contribution in [2.24, 2.45) is 5.41 Å². The van der Waals surface area contributed by atoms with Crippen LogP contribution in [0.1, 0.15) is 96.4 Å². The van der Waals surface area contributed by atoms with Crippen molar-refractivity contribution in [3.63, 3.8) is 0 Å². The maximum Gasteiger partial charge on any atom is 0.303 e. The normalized spacial score (nSPS) is 17.7. The first-order valence-electron chi connectivity index (χ1n) is 19.2. The maximum atomic E-state index is 11.3. The molecule has 0 unspecified atom stereocenters. The number of para-hydroxylation sites is 2. The van der Waals surface area contributed by atoms with E-state index in [0.29, 0.717) is 6.42 Å². The number of nitrogens with zero attached hydrogens (tertiary/aromatic N) is 3. The topological polar surface area (TPSA) is 43.5 Å². The van der Waals surface area contributed by atoms with Crippen molar-refractivity contribution in [3.8, 4) is 0 Å². The molecule has 2 aliphatic heterocycles. The van der Waals surface area contributed by atoms with Crippen molar-refractivity contribution >= 4 is 28.6 Å². The van der Waals surface area contributed by atoms with Gasteiger partial charge in [0.2, 0.25) is 5.69 Å². The van der Waals surface area contributed by atoms with Gasteiger partial charge in [0.05, 0.1) is 39.5 Å². The molecule has 0 radical (unpaired) electrons. The van der Waals surface area contributed by atoms with Crippen molar-refractivity contribution in [2.45, 2.75) is 91.4 Å². The zero-order valence-corrected chi connectivity index (χ0v) is 33.6. The fraction of sp³-hybridized carbons (Fsp3) is 0.447. The molecule has 0 saturated heterocycles. The predicted molar refractivity (Wildman–Crippen MR) is 220 cm³/mol. The van der Waals surface area contributed by atoms with Crippen LogP contribution in [0.3, 0.4) is 0 Å². The highest BCUT2D eigenvalue weighted by Crippen LogP contribution is 2.48. The molecule has 0 atom stereocenters. The Bertz CT molecular complexity index is 1870. The largest absolute Gasteiger partial charge is 0.481 e. The van der Waals surface area contributed by atoms with E-state index < -0.39 is 5.97 Å². The lowest BCUT2D eigenvalue weighted by molar-refractivity contribution is -0.871. The number of fused-ring (bicyclic) bond motifs is 2. The van der Waals surface area contributed by atoms with E-state index in [-0.39, 0.29) is 22.7 Å². The monoisotopic (exact) mass is 701 g/mol. The molecule has 3 aromatic rings. The number of allylic oxidation sites excluding steroid dienone is 6. The molecule has 3 aromatic carbocycles. The highest BCUT2D eigenvalue weighted by molar-refractivity contribution is 6.04. The molecule has 5 rings (SSSR count). The van der Waals surface area contributed by atoms with Crippen LogP contribution in [0, 0.1) is 5.41 Å². The zero-order valence-electron chi connectivity index (χ0n) is 33.6. The maximum absolute atomic E-state index is 11.3. The number of rotatable bonds is 14. The third kappa shape index (κ3) is 9.04. The van der Waals surface area contributed by atoms with Gasteiger partial charge < -0.3 is 14.5 Å². The van der Waals surface area contributed by atoms with Crippen molar-refractivity contribution < 1.29 is 19.0 Å². The molecule has 276 valence electrons. The molecular weight excluding hydrogens is 639 g/mol. The summed E-state index contributed by atoms with van der Waals surface area (Å²) < 4.78 is 3.49. The molecule has 0 spiro atoms. The fourth-order valence-electron chi connectivity index (χ4n) is 7.93. The Labute approximate surface area is 314 Å². The van der Waals surface area contributed by atoms with Crippen molar-refractivity contribution in [2.75, 3.05) is 45.7 Å². The molecular formula is C47H63N3O2+2. The minimum absolute atomic E-state index is 0.132. The molecule has 0 amide bonds. The standard InChI is InChI=1S/C47H62N3O2/c1-45(2,3)31-15-32-48-40-19-13-11-17-38(40)46(4,5)42(48)28-26-37(36-24-21-35(22-25-36)23-30-44(51)52)27-29-43-47(6,7)39-18-12-14-20-41(39)49(43)33-16-34-50(8,9)10/h11-14,17-22,24-29H,15-16,23,30-34H2,1-10H3/q+1/p+1. The number of carboxylic acid groups (broad SMARTS) is 1. The van der Waals surface area contributed by atoms with Crippen LogP contribution in [0.15, 0.2) is 103 Å². The summed E-state index contributed by atoms with van der Waals surface area (Å²) in [5.41, 5.74) is 11.3. The Balaban J connectivity index is 1.60. The minimum atomic E-state index is -0.769. The van der Waals surface area contributed by atoms with Crippen LogP contribution in [-0.2, 0) is 22.0 Å². The summed E-state index contributed by atoms with van der Waals surface area (Å²) in [5, 5.41) is 9.27. The van der Waals surface area contributed by atoms with Crippen molar-refractivity contribution in [1.29, 1.82) is 0 Å². The molecule has 5 nitrogen and oxygen atoms in total. The first kappa shape index (κ1) is 39.0. The molecule has 1 N–H and O–H groups in total. The molecule has 2 aliphatic rings. The van der Waals surface area contributed by atoms with E-state index in [0.717, 1.165) is 53.7 Å². The zero-order chi connectivity index (χ0) is 37.9. The number of carboxylic acids is 1. The summed E-state index contributed by atoms with van der Waals surface area (Å²) in [7, 11) is 6.79. The van der Waals surface area contributed by atoms with E-state index >= 15 is 0 Å². The van der Waals surface area contributed by atoms with Crippen LogP contribution in [0.4, 0.5) is 11.4 Å². The first-order valence-corrected chi connectivity index (χ1v) is 19.2. The summed E-state index contributed by atoms with van der Waals surface area (Å²) in [6.07, 6.45) is 13.4. The summed E-state index contributed by atoms with van der Waals surface area (Å²) in [6, 6.07) is 26.2. The molecule has 52 heavy (non-hydrogen) atoms. The Morgan fingerprint density at radius 1 is 0.865 bits per heavy atom. The molecule has 0 aliphatic carbocycles. The van der Waals surface area contributed by atoms with Gasteiger partial charge in [0.1, 0.15) is 0 Å². The third-order valence-electron chi connectivity index (χ3n) is 10.9. The second kappa shape index (κ2) is 15.4. The van der Waals surface area contributed by atoms with E-state index in [9.17, 15) is 9.90 Å². The number of benzene rings is 3. The average Bonchev–Trinajstić information content (AvgIpc) is 3.41. The number of carbonyl (C=O) groups is 1. The SMILES string of the molecule is CC(C)(C)CCCN1/C(=C/C=C(/C=C/C2=[N+](CCC[N+](C)(C)C)c3ccccc3C2(C)C)c2ccc(CCC(=O)O)cc2)C(C)(C)c2ccccc21. The van der Waals surface area contributed by atoms with Gasteiger partial charge in [0.25, 0.3) is 0 Å². The van der Waals surface area contributed by atoms with Gasteiger partial charge in [0, 0.05) is 47.5 Å². The van der Waals surface area contributed by atoms with Gasteiger partial charge in [0.15, 0.2) is 12.3 Å². The summed E-state index contributed by atoms with van der Waals surface area (Å²) in [4.78, 5) is 13.8. The smallest absolute Gasteiger partial charge is 0.303 e. The Hall–Kier alpha value is -4.22. The van der Waals surface area contributed by atoms with Crippen LogP contribution in [0.25, 0.3) is 5.57 Å². The van der Waals surface area contributed by atoms with E-state index in [4.69, 9.17) is 0 Å². The van der Waals surface area contributed by atoms with Crippen LogP contribution in [0.2, 0.25) is 0 Å². The minimum Gasteiger partial charge on any atom is -0.481 e. The van der Waals surface area contributed by atoms with E-state index in [2.05, 4.69) is 176 Å². The fourth-order valence-corrected chi connectivity index (χ4v) is 7.93. The van der Waals surface area contributed by atoms with Gasteiger partial charge in [-0.25, -0.2) is 0 Å². The number of quaternary nitrogens is 1. The molecule has 0 aromatic heterocycles. The molecule has 0 bridgehead atoms. The van der Waals surface area contributed by atoms with Gasteiger partial charge in [-0.3, -0.25) is 4.79 Å². The Kier molecular flexibility index (Phi) is 11.6. The lowest BCUT2D eigenvalue weighted by atomic mass is 9.81. The van der Waals surface area contributed by atoms with Crippen molar-refractivity contribution in [1.82, 2.24) is 0 Å². The lowest BCUT2D eigenvalue weighted by Gasteiger charge is -2.28. The number of anilines is 1. The lowest BCUT2D eigenvalue weighted by Crippen LogP contribution is -2.36. The number of aliphatic carboxylic acids is 1. The quantitative estimate of drug-likeness (QED) is 0.103. The van der Waals surface area contributed by atoms with Crippen molar-refractivity contribution in [3.05, 3.63) is 125 Å². The third-order valence-corrected chi connectivity index (χ3v) is 10.9. The second-order valence-corrected chi connectivity index (χ2v) is 18.1. The molecule has 5 heteroatoms. The Morgan fingerprint density at radius 2 is 1.52 bits per heavy atom. The van der Waals surface area contributed by atoms with Crippen LogP contribution >= 0.6 is 0 Å². The van der Waals surface area contributed by atoms with Gasteiger partial charge in [-0.2, -0.15) is 4.58 Å². The van der Waals surface area contributed by atoms with Gasteiger partial charge in [-0.05, 0) is 79.0 Å². The highest BCUT2D eigenvalue weighted by atomic mass is 16.4. The number of aryl methyl sites for hydroxylation is 1. The summed E-state index contributed by atoms with van der Waals surface area (Å²) in [6.45, 7) is 19.4. The van der Waals surface area contributed by atoms with Gasteiger partial charge in [-0.15, -0.1) is 0 Å². The first-order chi connectivity index (χ1) is 24.4. The van der Waals surface area contributed by atoms with Crippen LogP contribution < -0.4 is 4.90 Å². The van der Waals surface area contributed by atoms with Gasteiger partial charge >= 0.3 is 5.97 Å². The summed E-state index contributed by atoms with van der Waals surface area (Å²) >= 11 is 0. The average molecular weight is 702 g/mol.